The molecule has 4 nitrogen and oxygen atoms in total. The standard InChI is InChI=1S/C21H23N3O/c1-15-5-4-6-18(9-15)12-24-13-19(23-14-24)11-22-21(25)20-10-16(2)7-8-17(20)3/h4-10,13-14H,11-12H2,1-3H3,(H,22,25). The van der Waals surface area contributed by atoms with Crippen LogP contribution in [-0.2, 0) is 13.1 Å². The van der Waals surface area contributed by atoms with Gasteiger partial charge in [0.25, 0.3) is 5.91 Å². The molecule has 0 bridgehead atoms. The van der Waals surface area contributed by atoms with E-state index in [4.69, 9.17) is 0 Å². The zero-order valence-electron chi connectivity index (χ0n) is 14.9. The Morgan fingerprint density at radius 1 is 1.08 bits per heavy atom. The van der Waals surface area contributed by atoms with Crippen molar-refractivity contribution in [2.45, 2.75) is 33.9 Å². The number of carbonyl (C=O) groups is 1. The van der Waals surface area contributed by atoms with E-state index in [9.17, 15) is 4.79 Å². The Balaban J connectivity index is 1.62. The summed E-state index contributed by atoms with van der Waals surface area (Å²) in [4.78, 5) is 16.8. The van der Waals surface area contributed by atoms with Gasteiger partial charge in [0.05, 0.1) is 18.6 Å². The molecule has 0 saturated heterocycles. The summed E-state index contributed by atoms with van der Waals surface area (Å²) in [6, 6.07) is 14.3. The molecular formula is C21H23N3O. The molecule has 0 radical (unpaired) electrons. The molecule has 0 aliphatic rings. The fraction of sp³-hybridized carbons (Fsp3) is 0.238. The Morgan fingerprint density at radius 2 is 1.88 bits per heavy atom. The number of nitrogens with zero attached hydrogens (tertiary/aromatic N) is 2. The topological polar surface area (TPSA) is 46.9 Å². The van der Waals surface area contributed by atoms with Gasteiger partial charge in [-0.05, 0) is 38.0 Å². The molecule has 128 valence electrons. The molecule has 3 rings (SSSR count). The van der Waals surface area contributed by atoms with Crippen LogP contribution in [0.3, 0.4) is 0 Å². The first-order chi connectivity index (χ1) is 12.0. The van der Waals surface area contributed by atoms with E-state index < -0.39 is 0 Å². The van der Waals surface area contributed by atoms with Gasteiger partial charge < -0.3 is 9.88 Å². The molecule has 0 atom stereocenters. The van der Waals surface area contributed by atoms with Gasteiger partial charge in [-0.25, -0.2) is 4.98 Å². The lowest BCUT2D eigenvalue weighted by Crippen LogP contribution is -2.23. The molecule has 1 aromatic heterocycles. The van der Waals surface area contributed by atoms with Crippen LogP contribution in [0.2, 0.25) is 0 Å². The number of aryl methyl sites for hydroxylation is 3. The SMILES string of the molecule is Cc1cccc(Cn2cnc(CNC(=O)c3cc(C)ccc3C)c2)c1. The number of benzene rings is 2. The van der Waals surface area contributed by atoms with Crippen LogP contribution in [0.25, 0.3) is 0 Å². The summed E-state index contributed by atoms with van der Waals surface area (Å²) < 4.78 is 2.04. The monoisotopic (exact) mass is 333 g/mol. The number of carbonyl (C=O) groups excluding carboxylic acids is 1. The molecule has 0 fully saturated rings. The molecule has 0 spiro atoms. The van der Waals surface area contributed by atoms with Crippen molar-refractivity contribution < 1.29 is 4.79 Å². The summed E-state index contributed by atoms with van der Waals surface area (Å²) in [5.74, 6) is -0.0607. The minimum absolute atomic E-state index is 0.0607. The minimum Gasteiger partial charge on any atom is -0.346 e. The molecule has 4 heteroatoms. The van der Waals surface area contributed by atoms with Crippen LogP contribution in [0.5, 0.6) is 0 Å². The third kappa shape index (κ3) is 4.35. The van der Waals surface area contributed by atoms with Crippen molar-refractivity contribution in [2.24, 2.45) is 0 Å². The molecule has 1 amide bonds. The van der Waals surface area contributed by atoms with Gasteiger partial charge in [-0.1, -0.05) is 47.5 Å². The van der Waals surface area contributed by atoms with Crippen LogP contribution < -0.4 is 5.32 Å². The fourth-order valence-corrected chi connectivity index (χ4v) is 2.85. The van der Waals surface area contributed by atoms with Gasteiger partial charge in [-0.3, -0.25) is 4.79 Å². The molecule has 3 aromatic rings. The first-order valence-corrected chi connectivity index (χ1v) is 8.43. The van der Waals surface area contributed by atoms with Gasteiger partial charge in [-0.2, -0.15) is 0 Å². The second kappa shape index (κ2) is 7.34. The summed E-state index contributed by atoms with van der Waals surface area (Å²) in [5.41, 5.74) is 6.12. The second-order valence-corrected chi connectivity index (χ2v) is 6.53. The predicted molar refractivity (Wildman–Crippen MR) is 99.6 cm³/mol. The number of aromatic nitrogens is 2. The summed E-state index contributed by atoms with van der Waals surface area (Å²) in [6.45, 7) is 7.23. The van der Waals surface area contributed by atoms with Gasteiger partial charge >= 0.3 is 0 Å². The maximum Gasteiger partial charge on any atom is 0.251 e. The van der Waals surface area contributed by atoms with Crippen LogP contribution in [0.15, 0.2) is 55.0 Å². The Bertz CT molecular complexity index is 896. The van der Waals surface area contributed by atoms with Crippen molar-refractivity contribution in [3.63, 3.8) is 0 Å². The lowest BCUT2D eigenvalue weighted by molar-refractivity contribution is 0.0949. The van der Waals surface area contributed by atoms with Gasteiger partial charge in [0.2, 0.25) is 0 Å². The van der Waals surface area contributed by atoms with Crippen LogP contribution in [0, 0.1) is 20.8 Å². The first-order valence-electron chi connectivity index (χ1n) is 8.43. The number of hydrogen-bond donors (Lipinski definition) is 1. The van der Waals surface area contributed by atoms with E-state index in [1.807, 2.05) is 49.1 Å². The van der Waals surface area contributed by atoms with E-state index in [1.165, 1.54) is 11.1 Å². The van der Waals surface area contributed by atoms with E-state index >= 15 is 0 Å². The quantitative estimate of drug-likeness (QED) is 0.772. The van der Waals surface area contributed by atoms with Crippen molar-refractivity contribution in [1.29, 1.82) is 0 Å². The molecule has 0 unspecified atom stereocenters. The lowest BCUT2D eigenvalue weighted by Gasteiger charge is -2.07. The van der Waals surface area contributed by atoms with Crippen molar-refractivity contribution in [3.8, 4) is 0 Å². The average molecular weight is 333 g/mol. The number of amides is 1. The van der Waals surface area contributed by atoms with E-state index in [1.54, 1.807) is 0 Å². The summed E-state index contributed by atoms with van der Waals surface area (Å²) in [6.07, 6.45) is 3.79. The Labute approximate surface area is 148 Å². The van der Waals surface area contributed by atoms with Crippen molar-refractivity contribution in [1.82, 2.24) is 14.9 Å². The molecule has 25 heavy (non-hydrogen) atoms. The summed E-state index contributed by atoms with van der Waals surface area (Å²) in [5, 5.41) is 2.95. The summed E-state index contributed by atoms with van der Waals surface area (Å²) in [7, 11) is 0. The average Bonchev–Trinajstić information content (AvgIpc) is 3.02. The Hall–Kier alpha value is -2.88. The first kappa shape index (κ1) is 17.0. The molecule has 1 N–H and O–H groups in total. The van der Waals surface area contributed by atoms with E-state index in [0.717, 1.165) is 28.9 Å². The van der Waals surface area contributed by atoms with Crippen molar-refractivity contribution >= 4 is 5.91 Å². The van der Waals surface area contributed by atoms with Crippen LogP contribution in [0.1, 0.15) is 38.3 Å². The van der Waals surface area contributed by atoms with E-state index in [2.05, 4.69) is 41.5 Å². The second-order valence-electron chi connectivity index (χ2n) is 6.53. The van der Waals surface area contributed by atoms with Crippen molar-refractivity contribution in [2.75, 3.05) is 0 Å². The third-order valence-corrected chi connectivity index (χ3v) is 4.20. The largest absolute Gasteiger partial charge is 0.346 e. The van der Waals surface area contributed by atoms with Crippen molar-refractivity contribution in [3.05, 3.63) is 88.5 Å². The molecule has 0 aliphatic heterocycles. The molecule has 0 aliphatic carbocycles. The van der Waals surface area contributed by atoms with E-state index in [0.29, 0.717) is 6.54 Å². The predicted octanol–water partition coefficient (Wildman–Crippen LogP) is 3.79. The number of nitrogens with one attached hydrogen (secondary N) is 1. The van der Waals surface area contributed by atoms with Crippen LogP contribution >= 0.6 is 0 Å². The maximum absolute atomic E-state index is 12.4. The van der Waals surface area contributed by atoms with E-state index in [-0.39, 0.29) is 5.91 Å². The van der Waals surface area contributed by atoms with Gasteiger partial charge in [0, 0.05) is 18.3 Å². The smallest absolute Gasteiger partial charge is 0.251 e. The Morgan fingerprint density at radius 3 is 2.68 bits per heavy atom. The zero-order chi connectivity index (χ0) is 17.8. The maximum atomic E-state index is 12.4. The summed E-state index contributed by atoms with van der Waals surface area (Å²) >= 11 is 0. The highest BCUT2D eigenvalue weighted by Gasteiger charge is 2.09. The lowest BCUT2D eigenvalue weighted by atomic mass is 10.1. The number of imidazole rings is 1. The zero-order valence-corrected chi connectivity index (χ0v) is 14.9. The Kier molecular flexibility index (Phi) is 4.98. The molecule has 1 heterocycles. The molecule has 2 aromatic carbocycles. The normalized spacial score (nSPS) is 10.7. The third-order valence-electron chi connectivity index (χ3n) is 4.20. The number of hydrogen-bond acceptors (Lipinski definition) is 2. The van der Waals surface area contributed by atoms with Crippen LogP contribution in [-0.4, -0.2) is 15.5 Å². The highest BCUT2D eigenvalue weighted by molar-refractivity contribution is 5.95. The highest BCUT2D eigenvalue weighted by Crippen LogP contribution is 2.11. The highest BCUT2D eigenvalue weighted by atomic mass is 16.1. The van der Waals surface area contributed by atoms with Gasteiger partial charge in [-0.15, -0.1) is 0 Å². The number of rotatable bonds is 5. The fourth-order valence-electron chi connectivity index (χ4n) is 2.85. The van der Waals surface area contributed by atoms with Gasteiger partial charge in [0.1, 0.15) is 0 Å². The van der Waals surface area contributed by atoms with Crippen LogP contribution in [0.4, 0.5) is 0 Å². The van der Waals surface area contributed by atoms with Gasteiger partial charge in [0.15, 0.2) is 0 Å². The minimum atomic E-state index is -0.0607. The molecule has 0 saturated carbocycles. The molecular weight excluding hydrogens is 310 g/mol.